The van der Waals surface area contributed by atoms with Crippen LogP contribution in [0.25, 0.3) is 6.08 Å². The molecule has 2 aromatic carbocycles. The zero-order valence-corrected chi connectivity index (χ0v) is 23.2. The predicted molar refractivity (Wildman–Crippen MR) is 154 cm³/mol. The van der Waals surface area contributed by atoms with Crippen molar-refractivity contribution in [2.24, 2.45) is 5.92 Å². The standard InChI is InChI=1S/C31H42N4O4/c1-4-9-26-29(37)33-18-8-7-12-23-10-5-6-11-24(23)17-19-32-27(20-22-13-15-25(36)16-14-22)30(38)35-28(21(2)3)31(39)34-26/h5-7,10-16,21,26-28,32,36H,4,8-9,17-20H2,1-3H3,(H,33,37)(H,34,39)(H,35,38)/b12-7+/t26-,27+,28+/m0/s1. The fourth-order valence-electron chi connectivity index (χ4n) is 4.65. The highest BCUT2D eigenvalue weighted by atomic mass is 16.3. The van der Waals surface area contributed by atoms with Gasteiger partial charge in [0.1, 0.15) is 17.8 Å². The largest absolute Gasteiger partial charge is 0.508 e. The summed E-state index contributed by atoms with van der Waals surface area (Å²) < 4.78 is 0. The zero-order chi connectivity index (χ0) is 28.2. The molecule has 0 fully saturated rings. The predicted octanol–water partition coefficient (Wildman–Crippen LogP) is 3.09. The lowest BCUT2D eigenvalue weighted by atomic mass is 9.99. The maximum atomic E-state index is 13.6. The van der Waals surface area contributed by atoms with E-state index in [0.29, 0.717) is 38.8 Å². The van der Waals surface area contributed by atoms with E-state index in [0.717, 1.165) is 23.1 Å². The van der Waals surface area contributed by atoms with Gasteiger partial charge in [0.05, 0.1) is 6.04 Å². The van der Waals surface area contributed by atoms with Gasteiger partial charge in [0.25, 0.3) is 0 Å². The van der Waals surface area contributed by atoms with Crippen LogP contribution in [0.5, 0.6) is 5.75 Å². The minimum absolute atomic E-state index is 0.160. The van der Waals surface area contributed by atoms with Crippen molar-refractivity contribution in [3.8, 4) is 5.75 Å². The maximum absolute atomic E-state index is 13.6. The molecular weight excluding hydrogens is 492 g/mol. The van der Waals surface area contributed by atoms with Gasteiger partial charge in [0.2, 0.25) is 17.7 Å². The highest BCUT2D eigenvalue weighted by Gasteiger charge is 2.30. The molecule has 0 radical (unpaired) electrons. The summed E-state index contributed by atoms with van der Waals surface area (Å²) in [4.78, 5) is 39.8. The maximum Gasteiger partial charge on any atom is 0.243 e. The number of aromatic hydroxyl groups is 1. The van der Waals surface area contributed by atoms with Crippen LogP contribution in [-0.4, -0.2) is 54.0 Å². The Balaban J connectivity index is 1.89. The van der Waals surface area contributed by atoms with Crippen LogP contribution < -0.4 is 21.3 Å². The zero-order valence-electron chi connectivity index (χ0n) is 23.2. The van der Waals surface area contributed by atoms with Gasteiger partial charge in [0.15, 0.2) is 0 Å². The van der Waals surface area contributed by atoms with Crippen LogP contribution in [0, 0.1) is 5.92 Å². The van der Waals surface area contributed by atoms with Gasteiger partial charge < -0.3 is 26.4 Å². The number of fused-ring (bicyclic) bond motifs is 1. The molecule has 0 aliphatic carbocycles. The van der Waals surface area contributed by atoms with Crippen molar-refractivity contribution in [3.05, 3.63) is 71.3 Å². The lowest BCUT2D eigenvalue weighted by Gasteiger charge is -2.27. The second-order valence-electron chi connectivity index (χ2n) is 10.4. The van der Waals surface area contributed by atoms with E-state index < -0.39 is 18.1 Å². The molecule has 0 saturated heterocycles. The Labute approximate surface area is 231 Å². The highest BCUT2D eigenvalue weighted by molar-refractivity contribution is 5.93. The topological polar surface area (TPSA) is 120 Å². The van der Waals surface area contributed by atoms with E-state index in [1.165, 1.54) is 0 Å². The monoisotopic (exact) mass is 534 g/mol. The summed E-state index contributed by atoms with van der Waals surface area (Å²) in [5, 5.41) is 21.8. The number of hydrogen-bond donors (Lipinski definition) is 5. The molecule has 39 heavy (non-hydrogen) atoms. The van der Waals surface area contributed by atoms with Crippen molar-refractivity contribution in [1.82, 2.24) is 21.3 Å². The van der Waals surface area contributed by atoms with Crippen molar-refractivity contribution in [1.29, 1.82) is 0 Å². The van der Waals surface area contributed by atoms with Gasteiger partial charge in [-0.25, -0.2) is 0 Å². The van der Waals surface area contributed by atoms with E-state index in [2.05, 4.69) is 39.5 Å². The van der Waals surface area contributed by atoms with Crippen LogP contribution in [0.15, 0.2) is 54.6 Å². The number of amides is 3. The molecule has 0 unspecified atom stereocenters. The molecular formula is C31H42N4O4. The highest BCUT2D eigenvalue weighted by Crippen LogP contribution is 2.14. The lowest BCUT2D eigenvalue weighted by molar-refractivity contribution is -0.133. The average Bonchev–Trinajstić information content (AvgIpc) is 2.91. The molecule has 8 nitrogen and oxygen atoms in total. The number of phenols is 1. The summed E-state index contributed by atoms with van der Waals surface area (Å²) in [6.07, 6.45) is 7.11. The molecule has 0 spiro atoms. The van der Waals surface area contributed by atoms with Crippen LogP contribution in [0.1, 0.15) is 56.7 Å². The number of benzene rings is 2. The molecule has 3 atom stereocenters. The van der Waals surface area contributed by atoms with Gasteiger partial charge in [0, 0.05) is 6.54 Å². The number of carbonyl (C=O) groups is 3. The first-order chi connectivity index (χ1) is 18.8. The fraction of sp³-hybridized carbons (Fsp3) is 0.452. The van der Waals surface area contributed by atoms with E-state index in [4.69, 9.17) is 0 Å². The smallest absolute Gasteiger partial charge is 0.243 e. The SMILES string of the molecule is CCC[C@@H]1NC(=O)[C@@H](C(C)C)NC(=O)[C@@H](Cc2ccc(O)cc2)NCCc2ccccc2/C=C/CCNC1=O. The number of carbonyl (C=O) groups excluding carboxylic acids is 3. The van der Waals surface area contributed by atoms with Gasteiger partial charge in [-0.3, -0.25) is 14.4 Å². The van der Waals surface area contributed by atoms with Crippen LogP contribution in [0.2, 0.25) is 0 Å². The molecule has 210 valence electrons. The van der Waals surface area contributed by atoms with E-state index in [9.17, 15) is 19.5 Å². The van der Waals surface area contributed by atoms with Crippen molar-refractivity contribution in [2.75, 3.05) is 13.1 Å². The van der Waals surface area contributed by atoms with Crippen molar-refractivity contribution < 1.29 is 19.5 Å². The Bertz CT molecular complexity index is 1130. The van der Waals surface area contributed by atoms with E-state index in [-0.39, 0.29) is 29.4 Å². The van der Waals surface area contributed by atoms with Crippen molar-refractivity contribution in [3.63, 3.8) is 0 Å². The molecule has 2 aromatic rings. The van der Waals surface area contributed by atoms with Gasteiger partial charge >= 0.3 is 0 Å². The van der Waals surface area contributed by atoms with Crippen LogP contribution in [-0.2, 0) is 27.2 Å². The van der Waals surface area contributed by atoms with Crippen LogP contribution >= 0.6 is 0 Å². The number of rotatable bonds is 5. The molecule has 1 aliphatic heterocycles. The Morgan fingerprint density at radius 1 is 0.897 bits per heavy atom. The van der Waals surface area contributed by atoms with Gasteiger partial charge in [-0.15, -0.1) is 0 Å². The van der Waals surface area contributed by atoms with Crippen LogP contribution in [0.3, 0.4) is 0 Å². The third-order valence-corrected chi connectivity index (χ3v) is 6.90. The Morgan fingerprint density at radius 2 is 1.64 bits per heavy atom. The number of phenolic OH excluding ortho intramolecular Hbond substituents is 1. The van der Waals surface area contributed by atoms with Crippen molar-refractivity contribution >= 4 is 23.8 Å². The average molecular weight is 535 g/mol. The summed E-state index contributed by atoms with van der Waals surface area (Å²) in [7, 11) is 0. The summed E-state index contributed by atoms with van der Waals surface area (Å²) in [5.74, 6) is -0.905. The first-order valence-electron chi connectivity index (χ1n) is 13.9. The lowest BCUT2D eigenvalue weighted by Crippen LogP contribution is -2.58. The minimum Gasteiger partial charge on any atom is -0.508 e. The molecule has 1 heterocycles. The molecule has 0 aromatic heterocycles. The summed E-state index contributed by atoms with van der Waals surface area (Å²) in [6.45, 7) is 6.74. The second kappa shape index (κ2) is 15.1. The molecule has 0 bridgehead atoms. The molecule has 3 rings (SSSR count). The second-order valence-corrected chi connectivity index (χ2v) is 10.4. The number of hydrogen-bond acceptors (Lipinski definition) is 5. The van der Waals surface area contributed by atoms with E-state index in [1.54, 1.807) is 24.3 Å². The fourth-order valence-corrected chi connectivity index (χ4v) is 4.65. The Morgan fingerprint density at radius 3 is 2.36 bits per heavy atom. The normalized spacial score (nSPS) is 22.6. The van der Waals surface area contributed by atoms with E-state index >= 15 is 0 Å². The molecule has 5 N–H and O–H groups in total. The molecule has 8 heteroatoms. The van der Waals surface area contributed by atoms with Gasteiger partial charge in [-0.2, -0.15) is 0 Å². The summed E-state index contributed by atoms with van der Waals surface area (Å²) >= 11 is 0. The third-order valence-electron chi connectivity index (χ3n) is 6.90. The van der Waals surface area contributed by atoms with Gasteiger partial charge in [-0.1, -0.05) is 75.7 Å². The first-order valence-corrected chi connectivity index (χ1v) is 13.9. The molecule has 3 amide bonds. The van der Waals surface area contributed by atoms with E-state index in [1.807, 2.05) is 39.0 Å². The Kier molecular flexibility index (Phi) is 11.6. The third kappa shape index (κ3) is 9.25. The van der Waals surface area contributed by atoms with Crippen LogP contribution in [0.4, 0.5) is 0 Å². The quantitative estimate of drug-likeness (QED) is 0.404. The summed E-state index contributed by atoms with van der Waals surface area (Å²) in [6, 6.07) is 12.8. The van der Waals surface area contributed by atoms with Crippen molar-refractivity contribution in [2.45, 2.75) is 71.0 Å². The molecule has 0 saturated carbocycles. The Hall–Kier alpha value is -3.65. The first kappa shape index (κ1) is 29.9. The molecule has 1 aliphatic rings. The number of nitrogens with one attached hydrogen (secondary N) is 4. The summed E-state index contributed by atoms with van der Waals surface area (Å²) in [5.41, 5.74) is 3.14. The van der Waals surface area contributed by atoms with Gasteiger partial charge in [-0.05, 0) is 67.0 Å². The minimum atomic E-state index is -0.795.